The lowest BCUT2D eigenvalue weighted by Gasteiger charge is -2.08. The summed E-state index contributed by atoms with van der Waals surface area (Å²) in [6.45, 7) is 0. The maximum atomic E-state index is 12.0. The van der Waals surface area contributed by atoms with Crippen LogP contribution in [0.3, 0.4) is 0 Å². The summed E-state index contributed by atoms with van der Waals surface area (Å²) in [5, 5.41) is 21.0. The lowest BCUT2D eigenvalue weighted by molar-refractivity contribution is 0.0696. The van der Waals surface area contributed by atoms with Crippen molar-refractivity contribution in [1.82, 2.24) is 0 Å². The number of carboxylic acids is 1. The van der Waals surface area contributed by atoms with Crippen molar-refractivity contribution in [3.8, 4) is 5.75 Å². The van der Waals surface area contributed by atoms with Gasteiger partial charge in [0.15, 0.2) is 0 Å². The van der Waals surface area contributed by atoms with Gasteiger partial charge >= 0.3 is 5.97 Å². The maximum Gasteiger partial charge on any atom is 0.335 e. The van der Waals surface area contributed by atoms with Crippen LogP contribution in [0, 0.1) is 0 Å². The van der Waals surface area contributed by atoms with E-state index < -0.39 is 11.9 Å². The summed E-state index contributed by atoms with van der Waals surface area (Å²) in [6.07, 6.45) is 0. The Kier molecular flexibility index (Phi) is 4.05. The molecule has 0 aliphatic heterocycles. The number of phenols is 1. The standard InChI is InChI=1S/C14H10BrNO4/c15-10-4-1-8(2-5-10)13(18)16-11-7-9(14(19)20)3-6-12(11)17/h1-7,17H,(H,16,18)(H,19,20). The molecular weight excluding hydrogens is 326 g/mol. The van der Waals surface area contributed by atoms with E-state index in [9.17, 15) is 14.7 Å². The Labute approximate surface area is 123 Å². The van der Waals surface area contributed by atoms with E-state index in [0.29, 0.717) is 5.56 Å². The molecule has 20 heavy (non-hydrogen) atoms. The largest absolute Gasteiger partial charge is 0.506 e. The topological polar surface area (TPSA) is 86.6 Å². The van der Waals surface area contributed by atoms with Crippen LogP contribution in [0.2, 0.25) is 0 Å². The van der Waals surface area contributed by atoms with Gasteiger partial charge in [-0.3, -0.25) is 4.79 Å². The number of rotatable bonds is 3. The minimum Gasteiger partial charge on any atom is -0.506 e. The van der Waals surface area contributed by atoms with Crippen LogP contribution in [0.4, 0.5) is 5.69 Å². The number of nitrogens with one attached hydrogen (secondary N) is 1. The molecule has 0 unspecified atom stereocenters. The quantitative estimate of drug-likeness (QED) is 0.752. The fourth-order valence-corrected chi connectivity index (χ4v) is 1.83. The van der Waals surface area contributed by atoms with Crippen LogP contribution in [-0.2, 0) is 0 Å². The minimum absolute atomic E-state index is 0.0195. The van der Waals surface area contributed by atoms with Crippen LogP contribution in [0.15, 0.2) is 46.9 Å². The first kappa shape index (κ1) is 14.1. The van der Waals surface area contributed by atoms with Gasteiger partial charge < -0.3 is 15.5 Å². The van der Waals surface area contributed by atoms with Gasteiger partial charge in [0.2, 0.25) is 0 Å². The van der Waals surface area contributed by atoms with Gasteiger partial charge in [-0.15, -0.1) is 0 Å². The molecule has 0 saturated heterocycles. The lowest BCUT2D eigenvalue weighted by Crippen LogP contribution is -2.12. The van der Waals surface area contributed by atoms with Crippen molar-refractivity contribution < 1.29 is 19.8 Å². The monoisotopic (exact) mass is 335 g/mol. The van der Waals surface area contributed by atoms with Gasteiger partial charge in [0, 0.05) is 10.0 Å². The fraction of sp³-hybridized carbons (Fsp3) is 0. The van der Waals surface area contributed by atoms with E-state index in [-0.39, 0.29) is 17.0 Å². The number of carboxylic acid groups (broad SMARTS) is 1. The molecule has 1 amide bonds. The number of benzene rings is 2. The Morgan fingerprint density at radius 3 is 2.20 bits per heavy atom. The van der Waals surface area contributed by atoms with Crippen LogP contribution in [0.5, 0.6) is 5.75 Å². The molecule has 0 heterocycles. The van der Waals surface area contributed by atoms with E-state index in [0.717, 1.165) is 4.47 Å². The number of aromatic hydroxyl groups is 1. The maximum absolute atomic E-state index is 12.0. The highest BCUT2D eigenvalue weighted by molar-refractivity contribution is 9.10. The molecule has 0 aliphatic rings. The third-order valence-electron chi connectivity index (χ3n) is 2.60. The van der Waals surface area contributed by atoms with Crippen molar-refractivity contribution in [3.05, 3.63) is 58.1 Å². The minimum atomic E-state index is -1.14. The van der Waals surface area contributed by atoms with Gasteiger partial charge in [-0.1, -0.05) is 15.9 Å². The molecule has 0 atom stereocenters. The molecule has 0 fully saturated rings. The second-order valence-corrected chi connectivity index (χ2v) is 4.91. The summed E-state index contributed by atoms with van der Waals surface area (Å²) < 4.78 is 0.838. The average Bonchev–Trinajstić information content (AvgIpc) is 2.41. The summed E-state index contributed by atoms with van der Waals surface area (Å²) in [7, 11) is 0. The van der Waals surface area contributed by atoms with Crippen molar-refractivity contribution in [2.45, 2.75) is 0 Å². The molecule has 0 aromatic heterocycles. The van der Waals surface area contributed by atoms with Crippen molar-refractivity contribution in [1.29, 1.82) is 0 Å². The molecule has 5 nitrogen and oxygen atoms in total. The number of aromatic carboxylic acids is 1. The second kappa shape index (κ2) is 5.75. The Morgan fingerprint density at radius 1 is 1.00 bits per heavy atom. The molecular formula is C14H10BrNO4. The van der Waals surface area contributed by atoms with Crippen molar-refractivity contribution >= 4 is 33.5 Å². The first-order valence-electron chi connectivity index (χ1n) is 5.60. The van der Waals surface area contributed by atoms with E-state index in [1.165, 1.54) is 18.2 Å². The highest BCUT2D eigenvalue weighted by atomic mass is 79.9. The Balaban J connectivity index is 2.25. The molecule has 2 rings (SSSR count). The SMILES string of the molecule is O=C(O)c1ccc(O)c(NC(=O)c2ccc(Br)cc2)c1. The smallest absolute Gasteiger partial charge is 0.335 e. The molecule has 0 radical (unpaired) electrons. The number of halogens is 1. The van der Waals surface area contributed by atoms with E-state index >= 15 is 0 Å². The summed E-state index contributed by atoms with van der Waals surface area (Å²) in [6, 6.07) is 10.3. The molecule has 2 aromatic rings. The summed E-state index contributed by atoms with van der Waals surface area (Å²) in [5.41, 5.74) is 0.431. The van der Waals surface area contributed by atoms with E-state index in [4.69, 9.17) is 5.11 Å². The molecule has 6 heteroatoms. The fourth-order valence-electron chi connectivity index (χ4n) is 1.56. The predicted octanol–water partition coefficient (Wildman–Crippen LogP) is 3.11. The number of hydrogen-bond acceptors (Lipinski definition) is 3. The molecule has 0 bridgehead atoms. The zero-order valence-corrected chi connectivity index (χ0v) is 11.7. The average molecular weight is 336 g/mol. The molecule has 0 aliphatic carbocycles. The van der Waals surface area contributed by atoms with Crippen LogP contribution in [-0.4, -0.2) is 22.1 Å². The van der Waals surface area contributed by atoms with Crippen molar-refractivity contribution in [2.24, 2.45) is 0 Å². The van der Waals surface area contributed by atoms with Crippen LogP contribution >= 0.6 is 15.9 Å². The highest BCUT2D eigenvalue weighted by Crippen LogP contribution is 2.25. The van der Waals surface area contributed by atoms with Gasteiger partial charge in [0.05, 0.1) is 11.3 Å². The van der Waals surface area contributed by atoms with Gasteiger partial charge in [0.25, 0.3) is 5.91 Å². The van der Waals surface area contributed by atoms with E-state index in [1.54, 1.807) is 24.3 Å². The number of amides is 1. The molecule has 0 spiro atoms. The lowest BCUT2D eigenvalue weighted by atomic mass is 10.1. The summed E-state index contributed by atoms with van der Waals surface area (Å²) in [4.78, 5) is 22.8. The zero-order chi connectivity index (χ0) is 14.7. The van der Waals surface area contributed by atoms with Crippen molar-refractivity contribution in [3.63, 3.8) is 0 Å². The third-order valence-corrected chi connectivity index (χ3v) is 3.13. The second-order valence-electron chi connectivity index (χ2n) is 4.00. The van der Waals surface area contributed by atoms with Gasteiger partial charge in [-0.25, -0.2) is 4.79 Å². The molecule has 2 aromatic carbocycles. The number of phenolic OH excluding ortho intramolecular Hbond substituents is 1. The molecule has 0 saturated carbocycles. The van der Waals surface area contributed by atoms with Gasteiger partial charge in [-0.2, -0.15) is 0 Å². The number of carbonyl (C=O) groups is 2. The van der Waals surface area contributed by atoms with Gasteiger partial charge in [0.1, 0.15) is 5.75 Å². The van der Waals surface area contributed by atoms with Gasteiger partial charge in [-0.05, 0) is 42.5 Å². The highest BCUT2D eigenvalue weighted by Gasteiger charge is 2.11. The number of anilines is 1. The number of hydrogen-bond donors (Lipinski definition) is 3. The first-order chi connectivity index (χ1) is 9.47. The predicted molar refractivity (Wildman–Crippen MR) is 77.2 cm³/mol. The van der Waals surface area contributed by atoms with Crippen LogP contribution in [0.1, 0.15) is 20.7 Å². The van der Waals surface area contributed by atoms with Crippen molar-refractivity contribution in [2.75, 3.05) is 5.32 Å². The van der Waals surface area contributed by atoms with Crippen LogP contribution in [0.25, 0.3) is 0 Å². The Morgan fingerprint density at radius 2 is 1.60 bits per heavy atom. The summed E-state index contributed by atoms with van der Waals surface area (Å²) >= 11 is 3.26. The first-order valence-corrected chi connectivity index (χ1v) is 6.40. The summed E-state index contributed by atoms with van der Waals surface area (Å²) in [5.74, 6) is -1.76. The Bertz CT molecular complexity index is 667. The molecule has 102 valence electrons. The zero-order valence-electron chi connectivity index (χ0n) is 10.1. The molecule has 3 N–H and O–H groups in total. The van der Waals surface area contributed by atoms with E-state index in [2.05, 4.69) is 21.2 Å². The van der Waals surface area contributed by atoms with Crippen LogP contribution < -0.4 is 5.32 Å². The van der Waals surface area contributed by atoms with E-state index in [1.807, 2.05) is 0 Å². The normalized spacial score (nSPS) is 10.1. The number of carbonyl (C=O) groups excluding carboxylic acids is 1. The third kappa shape index (κ3) is 3.16. The Hall–Kier alpha value is -2.34.